The van der Waals surface area contributed by atoms with Crippen molar-refractivity contribution in [1.29, 1.82) is 0 Å². The third-order valence-electron chi connectivity index (χ3n) is 2.57. The Balaban J connectivity index is 2.16. The Bertz CT molecular complexity index is 716. The zero-order chi connectivity index (χ0) is 17.0. The molecule has 0 unspecified atom stereocenters. The molecule has 0 amide bonds. The number of benzene rings is 1. The Morgan fingerprint density at radius 2 is 2.17 bits per heavy atom. The molecule has 124 valence electrons. The first-order valence-electron chi connectivity index (χ1n) is 6.36. The molecule has 2 aromatic rings. The van der Waals surface area contributed by atoms with Gasteiger partial charge in [-0.05, 0) is 24.6 Å². The SMILES string of the molecule is CC(N)=CC(=NCc1ccc(OC(F)(F)F)c(F)c1)n1nc[nH]1. The van der Waals surface area contributed by atoms with E-state index in [4.69, 9.17) is 5.73 Å². The molecule has 1 aromatic heterocycles. The van der Waals surface area contributed by atoms with Crippen molar-refractivity contribution in [3.8, 4) is 5.75 Å². The monoisotopic (exact) mass is 331 g/mol. The van der Waals surface area contributed by atoms with E-state index in [1.165, 1.54) is 17.2 Å². The number of rotatable bonds is 4. The Labute approximate surface area is 128 Å². The summed E-state index contributed by atoms with van der Waals surface area (Å²) in [5, 5.41) is 6.58. The summed E-state index contributed by atoms with van der Waals surface area (Å²) in [5.41, 5.74) is 6.41. The molecule has 0 fully saturated rings. The zero-order valence-corrected chi connectivity index (χ0v) is 11.9. The fourth-order valence-corrected chi connectivity index (χ4v) is 1.64. The van der Waals surface area contributed by atoms with Crippen molar-refractivity contribution in [2.45, 2.75) is 19.8 Å². The third-order valence-corrected chi connectivity index (χ3v) is 2.57. The van der Waals surface area contributed by atoms with E-state index < -0.39 is 17.9 Å². The molecular formula is C13H13F4N5O. The summed E-state index contributed by atoms with van der Waals surface area (Å²) in [7, 11) is 0. The highest BCUT2D eigenvalue weighted by Crippen LogP contribution is 2.26. The van der Waals surface area contributed by atoms with Gasteiger partial charge in [-0.1, -0.05) is 6.07 Å². The smallest absolute Gasteiger partial charge is 0.403 e. The summed E-state index contributed by atoms with van der Waals surface area (Å²) >= 11 is 0. The number of allylic oxidation sites excluding steroid dienone is 2. The van der Waals surface area contributed by atoms with Crippen molar-refractivity contribution in [3.63, 3.8) is 0 Å². The highest BCUT2D eigenvalue weighted by atomic mass is 19.4. The Kier molecular flexibility index (Phi) is 4.72. The van der Waals surface area contributed by atoms with Crippen LogP contribution < -0.4 is 10.5 Å². The van der Waals surface area contributed by atoms with Crippen molar-refractivity contribution in [3.05, 3.63) is 47.7 Å². The lowest BCUT2D eigenvalue weighted by Gasteiger charge is -2.11. The number of ether oxygens (including phenoxy) is 1. The summed E-state index contributed by atoms with van der Waals surface area (Å²) in [6.45, 7) is 1.68. The van der Waals surface area contributed by atoms with Crippen LogP contribution in [0.1, 0.15) is 12.5 Å². The van der Waals surface area contributed by atoms with E-state index in [0.29, 0.717) is 17.1 Å². The van der Waals surface area contributed by atoms with E-state index in [-0.39, 0.29) is 6.54 Å². The van der Waals surface area contributed by atoms with Gasteiger partial charge in [-0.25, -0.2) is 4.39 Å². The molecule has 2 rings (SSSR count). The summed E-state index contributed by atoms with van der Waals surface area (Å²) < 4.78 is 53.4. The minimum atomic E-state index is -4.95. The van der Waals surface area contributed by atoms with Gasteiger partial charge in [0.25, 0.3) is 0 Å². The first-order chi connectivity index (χ1) is 10.7. The third kappa shape index (κ3) is 4.87. The molecule has 0 aliphatic rings. The second-order valence-electron chi connectivity index (χ2n) is 4.56. The number of hydrogen-bond donors (Lipinski definition) is 2. The Morgan fingerprint density at radius 1 is 1.48 bits per heavy atom. The van der Waals surface area contributed by atoms with Gasteiger partial charge >= 0.3 is 6.36 Å². The molecule has 1 aromatic carbocycles. The number of halogens is 4. The quantitative estimate of drug-likeness (QED) is 0.513. The van der Waals surface area contributed by atoms with Gasteiger partial charge in [0.1, 0.15) is 6.33 Å². The van der Waals surface area contributed by atoms with Crippen LogP contribution in [0.2, 0.25) is 0 Å². The molecule has 3 N–H and O–H groups in total. The largest absolute Gasteiger partial charge is 0.573 e. The molecule has 0 atom stereocenters. The lowest BCUT2D eigenvalue weighted by molar-refractivity contribution is -0.275. The Hall–Kier alpha value is -2.78. The van der Waals surface area contributed by atoms with Crippen LogP contribution in [-0.2, 0) is 6.54 Å². The van der Waals surface area contributed by atoms with Crippen LogP contribution in [-0.4, -0.2) is 27.2 Å². The average molecular weight is 331 g/mol. The van der Waals surface area contributed by atoms with Crippen LogP contribution in [0.5, 0.6) is 5.75 Å². The lowest BCUT2D eigenvalue weighted by atomic mass is 10.2. The van der Waals surface area contributed by atoms with Crippen molar-refractivity contribution in [2.75, 3.05) is 0 Å². The number of H-pyrrole nitrogens is 1. The number of aromatic nitrogens is 3. The van der Waals surface area contributed by atoms with Crippen LogP contribution in [0.3, 0.4) is 0 Å². The number of aromatic amines is 1. The second kappa shape index (κ2) is 6.55. The van der Waals surface area contributed by atoms with E-state index >= 15 is 0 Å². The van der Waals surface area contributed by atoms with Gasteiger partial charge in [0, 0.05) is 11.8 Å². The van der Waals surface area contributed by atoms with Gasteiger partial charge in [0.05, 0.1) is 6.54 Å². The van der Waals surface area contributed by atoms with E-state index in [9.17, 15) is 17.6 Å². The van der Waals surface area contributed by atoms with Gasteiger partial charge in [-0.2, -0.15) is 4.80 Å². The molecule has 0 aliphatic carbocycles. The number of alkyl halides is 3. The van der Waals surface area contributed by atoms with Crippen molar-refractivity contribution >= 4 is 5.84 Å². The topological polar surface area (TPSA) is 81.2 Å². The first kappa shape index (κ1) is 16.6. The predicted molar refractivity (Wildman–Crippen MR) is 74.1 cm³/mol. The molecule has 10 heteroatoms. The molecule has 1 heterocycles. The fraction of sp³-hybridized carbons (Fsp3) is 0.231. The van der Waals surface area contributed by atoms with Crippen LogP contribution in [0.4, 0.5) is 17.6 Å². The van der Waals surface area contributed by atoms with Gasteiger partial charge in [0.15, 0.2) is 17.4 Å². The first-order valence-corrected chi connectivity index (χ1v) is 6.36. The van der Waals surface area contributed by atoms with Gasteiger partial charge in [0.2, 0.25) is 0 Å². The molecule has 23 heavy (non-hydrogen) atoms. The number of nitrogens with one attached hydrogen (secondary N) is 1. The maximum absolute atomic E-state index is 13.6. The van der Waals surface area contributed by atoms with Crippen molar-refractivity contribution < 1.29 is 22.3 Å². The fourth-order valence-electron chi connectivity index (χ4n) is 1.64. The molecule has 0 saturated heterocycles. The van der Waals surface area contributed by atoms with Gasteiger partial charge in [-0.15, -0.1) is 18.3 Å². The maximum Gasteiger partial charge on any atom is 0.573 e. The number of nitrogens with two attached hydrogens (primary N) is 1. The molecule has 0 bridgehead atoms. The number of hydrogen-bond acceptors (Lipinski definition) is 4. The average Bonchev–Trinajstić information content (AvgIpc) is 2.34. The van der Waals surface area contributed by atoms with Gasteiger partial charge < -0.3 is 10.5 Å². The van der Waals surface area contributed by atoms with E-state index in [2.05, 4.69) is 19.9 Å². The van der Waals surface area contributed by atoms with Crippen molar-refractivity contribution in [2.24, 2.45) is 10.7 Å². The zero-order valence-electron chi connectivity index (χ0n) is 11.9. The summed E-state index contributed by atoms with van der Waals surface area (Å²) in [6.07, 6.45) is -1.97. The van der Waals surface area contributed by atoms with Crippen LogP contribution >= 0.6 is 0 Å². The maximum atomic E-state index is 13.6. The molecule has 0 radical (unpaired) electrons. The van der Waals surface area contributed by atoms with E-state index in [0.717, 1.165) is 12.1 Å². The Morgan fingerprint density at radius 3 is 2.65 bits per heavy atom. The van der Waals surface area contributed by atoms with E-state index in [1.807, 2.05) is 0 Å². The number of nitrogens with zero attached hydrogens (tertiary/aromatic N) is 3. The minimum absolute atomic E-state index is 0.0238. The normalized spacial score (nSPS) is 13.4. The highest BCUT2D eigenvalue weighted by molar-refractivity contribution is 5.93. The second-order valence-corrected chi connectivity index (χ2v) is 4.56. The molecule has 6 nitrogen and oxygen atoms in total. The molecular weight excluding hydrogens is 318 g/mol. The van der Waals surface area contributed by atoms with E-state index in [1.54, 1.807) is 13.0 Å². The summed E-state index contributed by atoms with van der Waals surface area (Å²) in [6, 6.07) is 3.11. The van der Waals surface area contributed by atoms with Crippen molar-refractivity contribution in [1.82, 2.24) is 15.0 Å². The van der Waals surface area contributed by atoms with Crippen LogP contribution in [0.25, 0.3) is 0 Å². The standard InChI is InChI=1S/C13H13F4N5O/c1-8(18)4-12(22-20-7-21-22)19-6-9-2-3-11(10(14)5-9)23-13(15,16)17/h2-5,7H,6,18H2,1H3,(H,20,21). The lowest BCUT2D eigenvalue weighted by Crippen LogP contribution is -2.21. The molecule has 0 aliphatic heterocycles. The number of aliphatic imine (C=N–C) groups is 1. The molecule has 0 spiro atoms. The highest BCUT2D eigenvalue weighted by Gasteiger charge is 2.32. The predicted octanol–water partition coefficient (Wildman–Crippen LogP) is 2.56. The summed E-state index contributed by atoms with van der Waals surface area (Å²) in [5.74, 6) is -1.64. The van der Waals surface area contributed by atoms with Crippen LogP contribution in [0, 0.1) is 5.82 Å². The van der Waals surface area contributed by atoms with Gasteiger partial charge in [-0.3, -0.25) is 10.1 Å². The minimum Gasteiger partial charge on any atom is -0.403 e. The molecule has 0 saturated carbocycles. The van der Waals surface area contributed by atoms with Crippen LogP contribution in [0.15, 0.2) is 41.3 Å². The summed E-state index contributed by atoms with van der Waals surface area (Å²) in [4.78, 5) is 5.52.